The predicted molar refractivity (Wildman–Crippen MR) is 82.4 cm³/mol. The van der Waals surface area contributed by atoms with Gasteiger partial charge in [0.1, 0.15) is 5.44 Å². The molecule has 0 amide bonds. The van der Waals surface area contributed by atoms with Crippen LogP contribution < -0.4 is 0 Å². The first-order chi connectivity index (χ1) is 7.76. The lowest BCUT2D eigenvalue weighted by molar-refractivity contribution is 0.128. The van der Waals surface area contributed by atoms with Crippen molar-refractivity contribution in [2.75, 3.05) is 12.9 Å². The fraction of sp³-hybridized carbons (Fsp3) is 1.00. The standard InChI is InChI=1S/C8H18OS.3C2H6/c1-5-7(3)8(9-4)10-6-2;3*1-2/h7-8H,5-6H2,1-4H3;3*1-2H3. The Hall–Kier alpha value is 0.310. The number of hydrogen-bond acceptors (Lipinski definition) is 2. The SMILES string of the molecule is CC.CC.CC.CCSC(OC)C(C)CC. The summed E-state index contributed by atoms with van der Waals surface area (Å²) in [4.78, 5) is 0. The van der Waals surface area contributed by atoms with Gasteiger partial charge >= 0.3 is 0 Å². The Labute approximate surface area is 110 Å². The van der Waals surface area contributed by atoms with Gasteiger partial charge in [-0.3, -0.25) is 0 Å². The molecule has 0 rings (SSSR count). The quantitative estimate of drug-likeness (QED) is 0.569. The van der Waals surface area contributed by atoms with Crippen LogP contribution in [0.3, 0.4) is 0 Å². The third-order valence-electron chi connectivity index (χ3n) is 1.67. The summed E-state index contributed by atoms with van der Waals surface area (Å²) in [5, 5.41) is 0. The molecule has 0 aliphatic heterocycles. The molecule has 2 unspecified atom stereocenters. The first-order valence-corrected chi connectivity index (χ1v) is 7.95. The minimum absolute atomic E-state index is 0.398. The predicted octanol–water partition coefficient (Wildman–Crippen LogP) is 5.84. The maximum absolute atomic E-state index is 5.31. The van der Waals surface area contributed by atoms with Gasteiger partial charge in [0, 0.05) is 7.11 Å². The first-order valence-electron chi connectivity index (χ1n) is 6.90. The Morgan fingerprint density at radius 3 is 1.50 bits per heavy atom. The number of hydrogen-bond donors (Lipinski definition) is 0. The normalized spacial score (nSPS) is 11.6. The van der Waals surface area contributed by atoms with E-state index < -0.39 is 0 Å². The highest BCUT2D eigenvalue weighted by atomic mass is 32.2. The molecule has 1 nitrogen and oxygen atoms in total. The van der Waals surface area contributed by atoms with E-state index in [2.05, 4.69) is 20.8 Å². The fourth-order valence-corrected chi connectivity index (χ4v) is 1.81. The summed E-state index contributed by atoms with van der Waals surface area (Å²) in [7, 11) is 1.79. The summed E-state index contributed by atoms with van der Waals surface area (Å²) in [5.41, 5.74) is 0.398. The second-order valence-corrected chi connectivity index (χ2v) is 3.82. The van der Waals surface area contributed by atoms with Crippen LogP contribution in [-0.2, 0) is 4.74 Å². The van der Waals surface area contributed by atoms with Crippen LogP contribution in [0, 0.1) is 5.92 Å². The fourth-order valence-electron chi connectivity index (χ4n) is 0.821. The van der Waals surface area contributed by atoms with Crippen LogP contribution in [0.1, 0.15) is 68.7 Å². The molecule has 0 saturated heterocycles. The van der Waals surface area contributed by atoms with E-state index in [1.807, 2.05) is 53.3 Å². The van der Waals surface area contributed by atoms with Crippen molar-refractivity contribution in [1.82, 2.24) is 0 Å². The summed E-state index contributed by atoms with van der Waals surface area (Å²) < 4.78 is 5.31. The van der Waals surface area contributed by atoms with Crippen LogP contribution in [0.15, 0.2) is 0 Å². The Morgan fingerprint density at radius 1 is 0.938 bits per heavy atom. The van der Waals surface area contributed by atoms with Crippen molar-refractivity contribution in [1.29, 1.82) is 0 Å². The molecule has 16 heavy (non-hydrogen) atoms. The molecule has 0 aromatic carbocycles. The van der Waals surface area contributed by atoms with Crippen molar-refractivity contribution in [2.24, 2.45) is 5.92 Å². The van der Waals surface area contributed by atoms with Crippen LogP contribution in [0.2, 0.25) is 0 Å². The van der Waals surface area contributed by atoms with Crippen molar-refractivity contribution < 1.29 is 4.74 Å². The molecular weight excluding hydrogens is 216 g/mol. The van der Waals surface area contributed by atoms with Crippen LogP contribution in [0.5, 0.6) is 0 Å². The van der Waals surface area contributed by atoms with E-state index in [1.165, 1.54) is 6.42 Å². The zero-order valence-electron chi connectivity index (χ0n) is 13.4. The van der Waals surface area contributed by atoms with Gasteiger partial charge in [-0.05, 0) is 11.7 Å². The molecule has 0 aromatic rings. The second-order valence-electron chi connectivity index (χ2n) is 2.44. The van der Waals surface area contributed by atoms with Gasteiger partial charge in [0.25, 0.3) is 0 Å². The van der Waals surface area contributed by atoms with Crippen molar-refractivity contribution in [3.63, 3.8) is 0 Å². The number of ether oxygens (including phenoxy) is 1. The summed E-state index contributed by atoms with van der Waals surface area (Å²) in [5.74, 6) is 1.82. The van der Waals surface area contributed by atoms with Crippen LogP contribution in [0.4, 0.5) is 0 Å². The van der Waals surface area contributed by atoms with Crippen LogP contribution in [-0.4, -0.2) is 18.3 Å². The van der Waals surface area contributed by atoms with Gasteiger partial charge < -0.3 is 4.74 Å². The average Bonchev–Trinajstić information content (AvgIpc) is 2.42. The molecule has 0 aliphatic rings. The number of methoxy groups -OCH3 is 1. The zero-order chi connectivity index (χ0) is 14.0. The van der Waals surface area contributed by atoms with E-state index in [0.717, 1.165) is 5.75 Å². The average molecular weight is 253 g/mol. The van der Waals surface area contributed by atoms with Crippen molar-refractivity contribution >= 4 is 11.8 Å². The largest absolute Gasteiger partial charge is 0.371 e. The van der Waals surface area contributed by atoms with E-state index in [1.54, 1.807) is 7.11 Å². The molecule has 2 heteroatoms. The van der Waals surface area contributed by atoms with Crippen LogP contribution in [0.25, 0.3) is 0 Å². The smallest absolute Gasteiger partial charge is 0.105 e. The molecule has 0 aliphatic carbocycles. The highest BCUT2D eigenvalue weighted by Crippen LogP contribution is 2.21. The van der Waals surface area contributed by atoms with E-state index in [-0.39, 0.29) is 0 Å². The molecule has 0 heterocycles. The molecule has 0 aromatic heterocycles. The number of rotatable bonds is 5. The topological polar surface area (TPSA) is 9.23 Å². The van der Waals surface area contributed by atoms with Gasteiger partial charge in [0.15, 0.2) is 0 Å². The molecule has 2 atom stereocenters. The monoisotopic (exact) mass is 252 g/mol. The van der Waals surface area contributed by atoms with E-state index in [0.29, 0.717) is 11.4 Å². The van der Waals surface area contributed by atoms with Gasteiger partial charge in [0.05, 0.1) is 0 Å². The third-order valence-corrected chi connectivity index (χ3v) is 2.99. The first kappa shape index (κ1) is 25.2. The minimum Gasteiger partial charge on any atom is -0.371 e. The lowest BCUT2D eigenvalue weighted by atomic mass is 10.1. The van der Waals surface area contributed by atoms with Gasteiger partial charge in [-0.1, -0.05) is 68.7 Å². The lowest BCUT2D eigenvalue weighted by Gasteiger charge is -2.19. The summed E-state index contributed by atoms with van der Waals surface area (Å²) in [6.45, 7) is 18.6. The summed E-state index contributed by atoms with van der Waals surface area (Å²) in [6.07, 6.45) is 1.20. The Balaban J connectivity index is -0.000000103. The van der Waals surface area contributed by atoms with Crippen molar-refractivity contribution in [2.45, 2.75) is 74.2 Å². The minimum atomic E-state index is 0.398. The lowest BCUT2D eigenvalue weighted by Crippen LogP contribution is -2.15. The van der Waals surface area contributed by atoms with Gasteiger partial charge in [-0.25, -0.2) is 0 Å². The van der Waals surface area contributed by atoms with E-state index in [4.69, 9.17) is 4.74 Å². The highest BCUT2D eigenvalue weighted by Gasteiger charge is 2.13. The molecule has 0 saturated carbocycles. The Bertz CT molecular complexity index is 77.1. The maximum atomic E-state index is 5.31. The van der Waals surface area contributed by atoms with E-state index >= 15 is 0 Å². The van der Waals surface area contributed by atoms with Crippen LogP contribution >= 0.6 is 11.8 Å². The molecular formula is C14H36OS. The zero-order valence-corrected chi connectivity index (χ0v) is 14.2. The summed E-state index contributed by atoms with van der Waals surface area (Å²) in [6, 6.07) is 0. The molecule has 104 valence electrons. The maximum Gasteiger partial charge on any atom is 0.105 e. The molecule has 0 fully saturated rings. The van der Waals surface area contributed by atoms with E-state index in [9.17, 15) is 0 Å². The molecule has 0 spiro atoms. The Kier molecular flexibility index (Phi) is 46.5. The Morgan fingerprint density at radius 2 is 1.31 bits per heavy atom. The van der Waals surface area contributed by atoms with Crippen molar-refractivity contribution in [3.8, 4) is 0 Å². The molecule has 0 bridgehead atoms. The summed E-state index contributed by atoms with van der Waals surface area (Å²) >= 11 is 1.89. The number of thioether (sulfide) groups is 1. The van der Waals surface area contributed by atoms with Gasteiger partial charge in [0.2, 0.25) is 0 Å². The molecule has 0 radical (unpaired) electrons. The van der Waals surface area contributed by atoms with Crippen molar-refractivity contribution in [3.05, 3.63) is 0 Å². The van der Waals surface area contributed by atoms with Gasteiger partial charge in [-0.15, -0.1) is 11.8 Å². The highest BCUT2D eigenvalue weighted by molar-refractivity contribution is 7.99. The second kappa shape index (κ2) is 29.5. The van der Waals surface area contributed by atoms with Gasteiger partial charge in [-0.2, -0.15) is 0 Å². The third kappa shape index (κ3) is 19.8. The molecule has 0 N–H and O–H groups in total.